The standard InChI is InChI=1S/C15H17N3O2S/c1-2-13-17-18-15(21-13)14(20)16-11-5-3-10-8-12(19)6-4-9(10)7-11/h4,6,8,11,19H,2-3,5,7H2,1H3,(H,16,20). The van der Waals surface area contributed by atoms with Crippen LogP contribution in [-0.4, -0.2) is 27.3 Å². The fraction of sp³-hybridized carbons (Fsp3) is 0.400. The van der Waals surface area contributed by atoms with Crippen molar-refractivity contribution in [3.63, 3.8) is 0 Å². The van der Waals surface area contributed by atoms with Gasteiger partial charge < -0.3 is 10.4 Å². The van der Waals surface area contributed by atoms with E-state index in [1.807, 2.05) is 19.1 Å². The van der Waals surface area contributed by atoms with Crippen LogP contribution < -0.4 is 5.32 Å². The number of nitrogens with zero attached hydrogens (tertiary/aromatic N) is 2. The van der Waals surface area contributed by atoms with Gasteiger partial charge in [-0.2, -0.15) is 0 Å². The Hall–Kier alpha value is -1.95. The summed E-state index contributed by atoms with van der Waals surface area (Å²) in [5, 5.41) is 21.7. The lowest BCUT2D eigenvalue weighted by Crippen LogP contribution is -2.38. The Bertz CT molecular complexity index is 669. The molecule has 1 unspecified atom stereocenters. The number of benzene rings is 1. The van der Waals surface area contributed by atoms with Gasteiger partial charge in [-0.15, -0.1) is 10.2 Å². The predicted octanol–water partition coefficient (Wildman–Crippen LogP) is 2.09. The number of nitrogens with one attached hydrogen (secondary N) is 1. The minimum absolute atomic E-state index is 0.114. The first-order chi connectivity index (χ1) is 10.2. The SMILES string of the molecule is CCc1nnc(C(=O)NC2CCc3cc(O)ccc3C2)s1. The number of rotatable bonds is 3. The second-order valence-electron chi connectivity index (χ2n) is 5.22. The molecule has 21 heavy (non-hydrogen) atoms. The van der Waals surface area contributed by atoms with E-state index < -0.39 is 0 Å². The van der Waals surface area contributed by atoms with Crippen LogP contribution in [0.25, 0.3) is 0 Å². The highest BCUT2D eigenvalue weighted by atomic mass is 32.1. The quantitative estimate of drug-likeness (QED) is 0.910. The minimum atomic E-state index is -0.139. The first-order valence-corrected chi connectivity index (χ1v) is 7.91. The first-order valence-electron chi connectivity index (χ1n) is 7.09. The number of aromatic nitrogens is 2. The Labute approximate surface area is 127 Å². The summed E-state index contributed by atoms with van der Waals surface area (Å²) < 4.78 is 0. The number of fused-ring (bicyclic) bond motifs is 1. The van der Waals surface area contributed by atoms with E-state index in [0.717, 1.165) is 30.7 Å². The molecule has 1 heterocycles. The van der Waals surface area contributed by atoms with Gasteiger partial charge in [-0.05, 0) is 48.9 Å². The van der Waals surface area contributed by atoms with E-state index in [1.165, 1.54) is 22.5 Å². The average Bonchev–Trinajstić information content (AvgIpc) is 2.96. The fourth-order valence-corrected chi connectivity index (χ4v) is 3.28. The number of amides is 1. The number of aryl methyl sites for hydroxylation is 2. The molecule has 110 valence electrons. The topological polar surface area (TPSA) is 75.1 Å². The molecule has 0 saturated carbocycles. The molecule has 0 fully saturated rings. The third-order valence-electron chi connectivity index (χ3n) is 3.72. The van der Waals surface area contributed by atoms with Gasteiger partial charge in [0.2, 0.25) is 5.01 Å². The number of hydrogen-bond acceptors (Lipinski definition) is 5. The largest absolute Gasteiger partial charge is 0.508 e. The second kappa shape index (κ2) is 5.81. The Morgan fingerprint density at radius 2 is 2.29 bits per heavy atom. The van der Waals surface area contributed by atoms with Crippen LogP contribution in [0, 0.1) is 0 Å². The summed E-state index contributed by atoms with van der Waals surface area (Å²) in [6, 6.07) is 5.55. The van der Waals surface area contributed by atoms with Gasteiger partial charge in [0.1, 0.15) is 10.8 Å². The molecular weight excluding hydrogens is 286 g/mol. The maximum atomic E-state index is 12.2. The van der Waals surface area contributed by atoms with Crippen molar-refractivity contribution in [3.05, 3.63) is 39.3 Å². The molecule has 2 aromatic rings. The van der Waals surface area contributed by atoms with Gasteiger partial charge in [-0.25, -0.2) is 0 Å². The van der Waals surface area contributed by atoms with Crippen molar-refractivity contribution in [2.75, 3.05) is 0 Å². The molecule has 1 atom stereocenters. The number of phenolic OH excluding ortho intramolecular Hbond substituents is 1. The highest BCUT2D eigenvalue weighted by Gasteiger charge is 2.22. The molecule has 1 amide bonds. The van der Waals surface area contributed by atoms with Crippen LogP contribution >= 0.6 is 11.3 Å². The van der Waals surface area contributed by atoms with Crippen LogP contribution in [0.2, 0.25) is 0 Å². The van der Waals surface area contributed by atoms with Gasteiger partial charge in [-0.1, -0.05) is 24.3 Å². The van der Waals surface area contributed by atoms with E-state index in [-0.39, 0.29) is 11.9 Å². The maximum Gasteiger partial charge on any atom is 0.282 e. The molecule has 1 aromatic carbocycles. The third kappa shape index (κ3) is 3.05. The third-order valence-corrected chi connectivity index (χ3v) is 4.78. The molecule has 0 radical (unpaired) electrons. The van der Waals surface area contributed by atoms with E-state index in [2.05, 4.69) is 15.5 Å². The van der Waals surface area contributed by atoms with Crippen LogP contribution in [0.15, 0.2) is 18.2 Å². The van der Waals surface area contributed by atoms with Crippen LogP contribution in [0.4, 0.5) is 0 Å². The normalized spacial score (nSPS) is 17.3. The summed E-state index contributed by atoms with van der Waals surface area (Å²) in [5.41, 5.74) is 2.36. The summed E-state index contributed by atoms with van der Waals surface area (Å²) in [6.45, 7) is 2.00. The average molecular weight is 303 g/mol. The van der Waals surface area contributed by atoms with E-state index >= 15 is 0 Å². The lowest BCUT2D eigenvalue weighted by atomic mass is 9.88. The zero-order valence-electron chi connectivity index (χ0n) is 11.8. The summed E-state index contributed by atoms with van der Waals surface area (Å²) in [4.78, 5) is 12.2. The first kappa shape index (κ1) is 14.0. The van der Waals surface area contributed by atoms with Crippen LogP contribution in [-0.2, 0) is 19.3 Å². The van der Waals surface area contributed by atoms with Crippen LogP contribution in [0.5, 0.6) is 5.75 Å². The summed E-state index contributed by atoms with van der Waals surface area (Å²) >= 11 is 1.35. The molecule has 0 saturated heterocycles. The van der Waals surface area contributed by atoms with Crippen molar-refractivity contribution in [3.8, 4) is 5.75 Å². The zero-order chi connectivity index (χ0) is 14.8. The van der Waals surface area contributed by atoms with Crippen molar-refractivity contribution >= 4 is 17.2 Å². The Kier molecular flexibility index (Phi) is 3.88. The second-order valence-corrected chi connectivity index (χ2v) is 6.28. The number of carbonyl (C=O) groups excluding carboxylic acids is 1. The van der Waals surface area contributed by atoms with Crippen LogP contribution in [0.3, 0.4) is 0 Å². The van der Waals surface area contributed by atoms with Gasteiger partial charge in [0.05, 0.1) is 0 Å². The molecule has 1 aliphatic rings. The molecule has 1 aromatic heterocycles. The summed E-state index contributed by atoms with van der Waals surface area (Å²) in [5.74, 6) is 0.164. The van der Waals surface area contributed by atoms with Crippen molar-refractivity contribution in [1.82, 2.24) is 15.5 Å². The van der Waals surface area contributed by atoms with Crippen molar-refractivity contribution < 1.29 is 9.90 Å². The maximum absolute atomic E-state index is 12.2. The molecule has 0 spiro atoms. The number of carbonyl (C=O) groups is 1. The smallest absolute Gasteiger partial charge is 0.282 e. The van der Waals surface area contributed by atoms with E-state index in [4.69, 9.17) is 0 Å². The molecule has 6 heteroatoms. The molecule has 3 rings (SSSR count). The molecule has 5 nitrogen and oxygen atoms in total. The Balaban J connectivity index is 1.66. The minimum Gasteiger partial charge on any atom is -0.508 e. The molecule has 0 aliphatic heterocycles. The zero-order valence-corrected chi connectivity index (χ0v) is 12.6. The Morgan fingerprint density at radius 1 is 1.43 bits per heavy atom. The van der Waals surface area contributed by atoms with Gasteiger partial charge in [-0.3, -0.25) is 4.79 Å². The number of hydrogen-bond donors (Lipinski definition) is 2. The van der Waals surface area contributed by atoms with Gasteiger partial charge in [0.25, 0.3) is 5.91 Å². The van der Waals surface area contributed by atoms with E-state index in [9.17, 15) is 9.90 Å². The Morgan fingerprint density at radius 3 is 3.05 bits per heavy atom. The summed E-state index contributed by atoms with van der Waals surface area (Å²) in [7, 11) is 0. The predicted molar refractivity (Wildman–Crippen MR) is 80.7 cm³/mol. The van der Waals surface area contributed by atoms with Crippen molar-refractivity contribution in [2.24, 2.45) is 0 Å². The molecule has 1 aliphatic carbocycles. The lowest BCUT2D eigenvalue weighted by Gasteiger charge is -2.25. The van der Waals surface area contributed by atoms with Gasteiger partial charge >= 0.3 is 0 Å². The molecule has 2 N–H and O–H groups in total. The molecule has 0 bridgehead atoms. The monoisotopic (exact) mass is 303 g/mol. The van der Waals surface area contributed by atoms with Gasteiger partial charge in [0.15, 0.2) is 0 Å². The van der Waals surface area contributed by atoms with E-state index in [0.29, 0.717) is 10.8 Å². The fourth-order valence-electron chi connectivity index (χ4n) is 2.60. The van der Waals surface area contributed by atoms with E-state index in [1.54, 1.807) is 6.07 Å². The highest BCUT2D eigenvalue weighted by molar-refractivity contribution is 7.13. The molecular formula is C15H17N3O2S. The summed E-state index contributed by atoms with van der Waals surface area (Å²) in [6.07, 6.45) is 3.33. The van der Waals surface area contributed by atoms with Crippen LogP contribution in [0.1, 0.15) is 39.3 Å². The van der Waals surface area contributed by atoms with Gasteiger partial charge in [0, 0.05) is 6.04 Å². The lowest BCUT2D eigenvalue weighted by molar-refractivity contribution is 0.0932. The number of phenols is 1. The van der Waals surface area contributed by atoms with Crippen molar-refractivity contribution in [2.45, 2.75) is 38.6 Å². The number of aromatic hydroxyl groups is 1. The van der Waals surface area contributed by atoms with Crippen molar-refractivity contribution in [1.29, 1.82) is 0 Å². The highest BCUT2D eigenvalue weighted by Crippen LogP contribution is 2.25.